The molecular formula is C15H25N5O7. The fourth-order valence-corrected chi connectivity index (χ4v) is 1.47. The van der Waals surface area contributed by atoms with Crippen LogP contribution in [0.2, 0.25) is 0 Å². The lowest BCUT2D eigenvalue weighted by Gasteiger charge is -2.19. The molecular weight excluding hydrogens is 362 g/mol. The molecule has 0 aliphatic rings. The third-order valence-corrected chi connectivity index (χ3v) is 2.53. The van der Waals surface area contributed by atoms with Gasteiger partial charge in [0.2, 0.25) is 30.0 Å². The van der Waals surface area contributed by atoms with Crippen molar-refractivity contribution >= 4 is 36.0 Å². The van der Waals surface area contributed by atoms with Gasteiger partial charge in [-0.25, -0.2) is 0 Å². The number of nitrogens with one attached hydrogen (secondary N) is 5. The Balaban J connectivity index is 3.88. The van der Waals surface area contributed by atoms with Crippen LogP contribution in [-0.4, -0.2) is 74.3 Å². The lowest BCUT2D eigenvalue weighted by atomic mass is 10.2. The Bertz CT molecular complexity index is 571. The summed E-state index contributed by atoms with van der Waals surface area (Å²) in [4.78, 5) is 67.0. The molecule has 0 aromatic carbocycles. The summed E-state index contributed by atoms with van der Waals surface area (Å²) < 4.78 is 5.00. The van der Waals surface area contributed by atoms with Crippen molar-refractivity contribution in [3.8, 4) is 0 Å². The number of hydrogen-bond donors (Lipinski definition) is 5. The molecule has 5 amide bonds. The first-order valence-electron chi connectivity index (χ1n) is 7.99. The Labute approximate surface area is 156 Å². The van der Waals surface area contributed by atoms with Gasteiger partial charge in [-0.1, -0.05) is 0 Å². The number of amides is 5. The van der Waals surface area contributed by atoms with Crippen LogP contribution < -0.4 is 26.6 Å². The fourth-order valence-electron chi connectivity index (χ4n) is 1.47. The van der Waals surface area contributed by atoms with Crippen LogP contribution in [0, 0.1) is 0 Å². The molecule has 0 spiro atoms. The highest BCUT2D eigenvalue weighted by molar-refractivity contribution is 5.91. The zero-order valence-corrected chi connectivity index (χ0v) is 15.5. The summed E-state index contributed by atoms with van der Waals surface area (Å²) in [6.07, 6.45) is 0.341. The largest absolute Gasteiger partial charge is 0.459 e. The lowest BCUT2D eigenvalue weighted by Crippen LogP contribution is -2.45. The Hall–Kier alpha value is -3.18. The van der Waals surface area contributed by atoms with E-state index in [1.165, 1.54) is 0 Å². The molecule has 27 heavy (non-hydrogen) atoms. The predicted octanol–water partition coefficient (Wildman–Crippen LogP) is -3.46. The molecule has 0 aliphatic heterocycles. The summed E-state index contributed by atoms with van der Waals surface area (Å²) in [6.45, 7) is 3.31. The Morgan fingerprint density at radius 1 is 0.704 bits per heavy atom. The average Bonchev–Trinajstić information content (AvgIpc) is 2.57. The molecule has 5 N–H and O–H groups in total. The first kappa shape index (κ1) is 23.8. The van der Waals surface area contributed by atoms with Crippen molar-refractivity contribution in [2.75, 3.05) is 32.7 Å². The minimum atomic E-state index is -0.668. The maximum absolute atomic E-state index is 11.5. The molecule has 0 aliphatic carbocycles. The van der Waals surface area contributed by atoms with Gasteiger partial charge in [0, 0.05) is 0 Å². The third kappa shape index (κ3) is 14.8. The van der Waals surface area contributed by atoms with Crippen molar-refractivity contribution in [3.05, 3.63) is 0 Å². The Kier molecular flexibility index (Phi) is 10.8. The van der Waals surface area contributed by atoms with Gasteiger partial charge in [-0.05, 0) is 20.8 Å². The van der Waals surface area contributed by atoms with Gasteiger partial charge < -0.3 is 31.3 Å². The summed E-state index contributed by atoms with van der Waals surface area (Å²) in [6, 6.07) is 0. The molecule has 0 saturated heterocycles. The number of esters is 1. The predicted molar refractivity (Wildman–Crippen MR) is 92.0 cm³/mol. The van der Waals surface area contributed by atoms with E-state index in [0.29, 0.717) is 6.41 Å². The molecule has 0 aromatic rings. The summed E-state index contributed by atoms with van der Waals surface area (Å²) >= 11 is 0. The van der Waals surface area contributed by atoms with Crippen LogP contribution in [0.4, 0.5) is 0 Å². The van der Waals surface area contributed by atoms with Crippen molar-refractivity contribution in [2.45, 2.75) is 26.4 Å². The highest BCUT2D eigenvalue weighted by Gasteiger charge is 2.16. The standard InChI is InChI=1S/C15H25N5O7/c1-15(2,3)27-14(26)8-20-13(25)7-19-12(24)6-18-11(23)5-17-10(22)4-16-9-21/h9H,4-8H2,1-3H3,(H,16,21)(H,17,22)(H,18,23)(H,19,24)(H,20,25). The molecule has 0 rings (SSSR count). The number of hydrogen-bond acceptors (Lipinski definition) is 7. The average molecular weight is 387 g/mol. The minimum absolute atomic E-state index is 0.268. The van der Waals surface area contributed by atoms with Crippen LogP contribution in [0.25, 0.3) is 0 Å². The van der Waals surface area contributed by atoms with E-state index in [9.17, 15) is 28.8 Å². The maximum atomic E-state index is 11.5. The summed E-state index contributed by atoms with van der Waals surface area (Å²) in [5, 5.41) is 11.1. The van der Waals surface area contributed by atoms with Gasteiger partial charge in [0.15, 0.2) is 0 Å². The summed E-state index contributed by atoms with van der Waals surface area (Å²) in [5.41, 5.74) is -0.668. The number of rotatable bonds is 11. The Morgan fingerprint density at radius 2 is 1.07 bits per heavy atom. The van der Waals surface area contributed by atoms with Gasteiger partial charge in [-0.3, -0.25) is 28.8 Å². The topological polar surface area (TPSA) is 172 Å². The molecule has 0 heterocycles. The molecule has 152 valence electrons. The monoisotopic (exact) mass is 387 g/mol. The van der Waals surface area contributed by atoms with E-state index in [0.717, 1.165) is 0 Å². The second kappa shape index (κ2) is 12.2. The molecule has 0 fully saturated rings. The Morgan fingerprint density at radius 3 is 1.44 bits per heavy atom. The van der Waals surface area contributed by atoms with E-state index in [-0.39, 0.29) is 26.2 Å². The van der Waals surface area contributed by atoms with Crippen molar-refractivity contribution in [3.63, 3.8) is 0 Å². The summed E-state index contributed by atoms with van der Waals surface area (Å²) in [7, 11) is 0. The first-order valence-corrected chi connectivity index (χ1v) is 7.99. The highest BCUT2D eigenvalue weighted by Crippen LogP contribution is 2.05. The van der Waals surface area contributed by atoms with E-state index in [2.05, 4.69) is 26.6 Å². The SMILES string of the molecule is CC(C)(C)OC(=O)CNC(=O)CNC(=O)CNC(=O)CNC(=O)CNC=O. The van der Waals surface area contributed by atoms with E-state index in [4.69, 9.17) is 4.74 Å². The normalized spacial score (nSPS) is 10.2. The fraction of sp³-hybridized carbons (Fsp3) is 0.600. The van der Waals surface area contributed by atoms with Crippen molar-refractivity contribution < 1.29 is 33.5 Å². The number of carbonyl (C=O) groups excluding carboxylic acids is 6. The first-order chi connectivity index (χ1) is 12.5. The molecule has 0 atom stereocenters. The van der Waals surface area contributed by atoms with Crippen LogP contribution in [0.1, 0.15) is 20.8 Å². The maximum Gasteiger partial charge on any atom is 0.325 e. The summed E-state index contributed by atoms with van der Waals surface area (Å²) in [5.74, 6) is -3.04. The zero-order valence-electron chi connectivity index (χ0n) is 15.5. The second-order valence-electron chi connectivity index (χ2n) is 6.19. The number of ether oxygens (including phenoxy) is 1. The van der Waals surface area contributed by atoms with Crippen LogP contribution in [0.5, 0.6) is 0 Å². The van der Waals surface area contributed by atoms with Gasteiger partial charge in [0.25, 0.3) is 0 Å². The molecule has 12 heteroatoms. The zero-order chi connectivity index (χ0) is 20.9. The van der Waals surface area contributed by atoms with E-state index in [1.807, 2.05) is 0 Å². The van der Waals surface area contributed by atoms with Crippen molar-refractivity contribution in [1.29, 1.82) is 0 Å². The number of carbonyl (C=O) groups is 6. The smallest absolute Gasteiger partial charge is 0.325 e. The van der Waals surface area contributed by atoms with Gasteiger partial charge in [-0.2, -0.15) is 0 Å². The lowest BCUT2D eigenvalue weighted by molar-refractivity contribution is -0.154. The van der Waals surface area contributed by atoms with Crippen LogP contribution in [-0.2, 0) is 33.5 Å². The van der Waals surface area contributed by atoms with E-state index in [1.54, 1.807) is 20.8 Å². The highest BCUT2D eigenvalue weighted by atomic mass is 16.6. The van der Waals surface area contributed by atoms with Crippen LogP contribution in [0.15, 0.2) is 0 Å². The quantitative estimate of drug-likeness (QED) is 0.181. The van der Waals surface area contributed by atoms with Crippen LogP contribution >= 0.6 is 0 Å². The van der Waals surface area contributed by atoms with Crippen LogP contribution in [0.3, 0.4) is 0 Å². The van der Waals surface area contributed by atoms with E-state index >= 15 is 0 Å². The van der Waals surface area contributed by atoms with Gasteiger partial charge in [-0.15, -0.1) is 0 Å². The van der Waals surface area contributed by atoms with Gasteiger partial charge >= 0.3 is 5.97 Å². The van der Waals surface area contributed by atoms with Gasteiger partial charge in [0.05, 0.1) is 26.2 Å². The minimum Gasteiger partial charge on any atom is -0.459 e. The molecule has 0 bridgehead atoms. The molecule has 0 unspecified atom stereocenters. The van der Waals surface area contributed by atoms with Crippen molar-refractivity contribution in [2.24, 2.45) is 0 Å². The second-order valence-corrected chi connectivity index (χ2v) is 6.19. The molecule has 0 radical (unpaired) electrons. The molecule has 0 aromatic heterocycles. The molecule has 12 nitrogen and oxygen atoms in total. The van der Waals surface area contributed by atoms with Gasteiger partial charge in [0.1, 0.15) is 12.1 Å². The van der Waals surface area contributed by atoms with Crippen molar-refractivity contribution in [1.82, 2.24) is 26.6 Å². The third-order valence-electron chi connectivity index (χ3n) is 2.53. The molecule has 0 saturated carbocycles. The van der Waals surface area contributed by atoms with E-state index < -0.39 is 41.7 Å².